The highest BCUT2D eigenvalue weighted by Crippen LogP contribution is 2.27. The third-order valence-corrected chi connectivity index (χ3v) is 5.19. The number of aliphatic imine (C=N–C) groups is 1. The maximum absolute atomic E-state index is 4.79. The molecule has 0 amide bonds. The fourth-order valence-corrected chi connectivity index (χ4v) is 3.69. The summed E-state index contributed by atoms with van der Waals surface area (Å²) in [6.45, 7) is 5.29. The van der Waals surface area contributed by atoms with Gasteiger partial charge >= 0.3 is 0 Å². The topological polar surface area (TPSA) is 49.3 Å². The first-order valence-electron chi connectivity index (χ1n) is 8.17. The molecule has 0 spiro atoms. The molecule has 0 saturated heterocycles. The first-order chi connectivity index (χ1) is 10.2. The molecule has 0 aromatic carbocycles. The predicted molar refractivity (Wildman–Crippen MR) is 107 cm³/mol. The van der Waals surface area contributed by atoms with E-state index in [9.17, 15) is 0 Å². The van der Waals surface area contributed by atoms with E-state index in [4.69, 9.17) is 4.98 Å². The number of rotatable bonds is 6. The van der Waals surface area contributed by atoms with Crippen LogP contribution in [0.15, 0.2) is 4.99 Å². The Morgan fingerprint density at radius 3 is 2.82 bits per heavy atom. The van der Waals surface area contributed by atoms with Gasteiger partial charge in [0.2, 0.25) is 0 Å². The molecule has 6 heteroatoms. The van der Waals surface area contributed by atoms with Crippen molar-refractivity contribution < 1.29 is 0 Å². The van der Waals surface area contributed by atoms with Crippen LogP contribution in [0.25, 0.3) is 0 Å². The summed E-state index contributed by atoms with van der Waals surface area (Å²) in [4.78, 5) is 10.6. The minimum Gasteiger partial charge on any atom is -0.356 e. The number of nitrogens with one attached hydrogen (secondary N) is 2. The molecule has 1 atom stereocenters. The maximum atomic E-state index is 4.79. The number of aryl methyl sites for hydroxylation is 3. The lowest BCUT2D eigenvalue weighted by Gasteiger charge is -2.16. The van der Waals surface area contributed by atoms with Crippen LogP contribution in [0.1, 0.15) is 55.1 Å². The largest absolute Gasteiger partial charge is 0.356 e. The second-order valence-corrected chi connectivity index (χ2v) is 6.91. The van der Waals surface area contributed by atoms with Crippen LogP contribution in [0.2, 0.25) is 0 Å². The summed E-state index contributed by atoms with van der Waals surface area (Å²) >= 11 is 1.93. The van der Waals surface area contributed by atoms with Crippen LogP contribution in [0.5, 0.6) is 0 Å². The molecule has 1 aromatic heterocycles. The summed E-state index contributed by atoms with van der Waals surface area (Å²) in [6, 6.07) is 0.460. The molecular weight excluding hydrogens is 407 g/mol. The number of halogens is 1. The van der Waals surface area contributed by atoms with Gasteiger partial charge in [-0.15, -0.1) is 35.3 Å². The zero-order chi connectivity index (χ0) is 15.1. The summed E-state index contributed by atoms with van der Waals surface area (Å²) in [5.74, 6) is 0.905. The van der Waals surface area contributed by atoms with Crippen LogP contribution >= 0.6 is 35.3 Å². The predicted octanol–water partition coefficient (Wildman–Crippen LogP) is 3.54. The van der Waals surface area contributed by atoms with Crippen molar-refractivity contribution in [2.75, 3.05) is 13.6 Å². The van der Waals surface area contributed by atoms with E-state index in [1.54, 1.807) is 4.88 Å². The lowest BCUT2D eigenvalue weighted by molar-refractivity contribution is 0.620. The maximum Gasteiger partial charge on any atom is 0.191 e. The van der Waals surface area contributed by atoms with Gasteiger partial charge in [-0.05, 0) is 45.4 Å². The molecular formula is C16H29IN4S. The number of hydrogen-bond acceptors (Lipinski definition) is 3. The van der Waals surface area contributed by atoms with Crippen LogP contribution < -0.4 is 10.6 Å². The normalized spacial score (nSPS) is 15.7. The third-order valence-electron chi connectivity index (χ3n) is 3.97. The van der Waals surface area contributed by atoms with Crippen LogP contribution in [0.4, 0.5) is 0 Å². The SMILES string of the molecule is CCC(C)NC(=NC)NCCCc1nc2c(s1)CCCC2.I. The molecule has 126 valence electrons. The first kappa shape index (κ1) is 19.7. The summed E-state index contributed by atoms with van der Waals surface area (Å²) in [6.07, 6.45) is 8.37. The molecule has 0 aliphatic heterocycles. The third kappa shape index (κ3) is 6.02. The van der Waals surface area contributed by atoms with Crippen LogP contribution in [-0.4, -0.2) is 30.6 Å². The second kappa shape index (κ2) is 10.4. The van der Waals surface area contributed by atoms with Gasteiger partial charge in [0.05, 0.1) is 10.7 Å². The zero-order valence-corrected chi connectivity index (χ0v) is 17.1. The van der Waals surface area contributed by atoms with Gasteiger partial charge in [0, 0.05) is 30.9 Å². The van der Waals surface area contributed by atoms with Gasteiger partial charge in [0.25, 0.3) is 0 Å². The molecule has 0 saturated carbocycles. The van der Waals surface area contributed by atoms with Crippen LogP contribution in [0.3, 0.4) is 0 Å². The van der Waals surface area contributed by atoms with Crippen molar-refractivity contribution in [3.8, 4) is 0 Å². The van der Waals surface area contributed by atoms with Crippen molar-refractivity contribution in [3.05, 3.63) is 15.6 Å². The lowest BCUT2D eigenvalue weighted by atomic mass is 10.0. The summed E-state index contributed by atoms with van der Waals surface area (Å²) in [7, 11) is 1.83. The molecule has 2 N–H and O–H groups in total. The van der Waals surface area contributed by atoms with E-state index in [-0.39, 0.29) is 24.0 Å². The van der Waals surface area contributed by atoms with E-state index in [0.29, 0.717) is 6.04 Å². The summed E-state index contributed by atoms with van der Waals surface area (Å²) in [5, 5.41) is 8.08. The number of hydrogen-bond donors (Lipinski definition) is 2. The first-order valence-corrected chi connectivity index (χ1v) is 8.99. The Balaban J connectivity index is 0.00000242. The Hall–Kier alpha value is -0.370. The number of nitrogens with zero attached hydrogens (tertiary/aromatic N) is 2. The molecule has 1 unspecified atom stereocenters. The minimum atomic E-state index is 0. The number of fused-ring (bicyclic) bond motifs is 1. The van der Waals surface area contributed by atoms with Gasteiger partial charge in [-0.3, -0.25) is 4.99 Å². The molecule has 0 radical (unpaired) electrons. The molecule has 2 rings (SSSR count). The molecule has 1 heterocycles. The highest BCUT2D eigenvalue weighted by Gasteiger charge is 2.14. The van der Waals surface area contributed by atoms with Gasteiger partial charge < -0.3 is 10.6 Å². The minimum absolute atomic E-state index is 0. The zero-order valence-electron chi connectivity index (χ0n) is 13.9. The lowest BCUT2D eigenvalue weighted by Crippen LogP contribution is -2.42. The molecule has 1 aliphatic rings. The highest BCUT2D eigenvalue weighted by molar-refractivity contribution is 14.0. The standard InChI is InChI=1S/C16H28N4S.HI/c1-4-12(2)19-16(17-3)18-11-7-10-15-20-13-8-5-6-9-14(13)21-15;/h12H,4-11H2,1-3H3,(H2,17,18,19);1H. The van der Waals surface area contributed by atoms with E-state index >= 15 is 0 Å². The Morgan fingerprint density at radius 2 is 2.14 bits per heavy atom. The smallest absolute Gasteiger partial charge is 0.191 e. The van der Waals surface area contributed by atoms with E-state index in [2.05, 4.69) is 29.5 Å². The quantitative estimate of drug-likeness (QED) is 0.311. The van der Waals surface area contributed by atoms with Gasteiger partial charge in [-0.2, -0.15) is 0 Å². The second-order valence-electron chi connectivity index (χ2n) is 5.74. The average Bonchev–Trinajstić information content (AvgIpc) is 2.92. The van der Waals surface area contributed by atoms with Crippen molar-refractivity contribution in [1.82, 2.24) is 15.6 Å². The summed E-state index contributed by atoms with van der Waals surface area (Å²) in [5.41, 5.74) is 1.38. The van der Waals surface area contributed by atoms with Crippen LogP contribution in [-0.2, 0) is 19.3 Å². The number of aromatic nitrogens is 1. The van der Waals surface area contributed by atoms with Gasteiger partial charge in [-0.1, -0.05) is 6.92 Å². The van der Waals surface area contributed by atoms with Crippen LogP contribution in [0, 0.1) is 0 Å². The van der Waals surface area contributed by atoms with E-state index in [0.717, 1.165) is 31.8 Å². The Kier molecular flexibility index (Phi) is 9.31. The molecule has 1 aromatic rings. The van der Waals surface area contributed by atoms with E-state index in [1.807, 2.05) is 18.4 Å². The van der Waals surface area contributed by atoms with Crippen molar-refractivity contribution in [2.24, 2.45) is 4.99 Å². The fourth-order valence-electron chi connectivity index (χ4n) is 2.49. The van der Waals surface area contributed by atoms with Crippen molar-refractivity contribution in [2.45, 2.75) is 64.8 Å². The van der Waals surface area contributed by atoms with E-state index < -0.39 is 0 Å². The Morgan fingerprint density at radius 1 is 1.36 bits per heavy atom. The van der Waals surface area contributed by atoms with Crippen molar-refractivity contribution in [1.29, 1.82) is 0 Å². The number of thiazole rings is 1. The Bertz CT molecular complexity index is 449. The van der Waals surface area contributed by atoms with Gasteiger partial charge in [0.15, 0.2) is 5.96 Å². The molecule has 0 fully saturated rings. The van der Waals surface area contributed by atoms with Crippen molar-refractivity contribution >= 4 is 41.3 Å². The monoisotopic (exact) mass is 436 g/mol. The molecule has 0 bridgehead atoms. The molecule has 4 nitrogen and oxygen atoms in total. The van der Waals surface area contributed by atoms with Gasteiger partial charge in [0.1, 0.15) is 0 Å². The fraction of sp³-hybridized carbons (Fsp3) is 0.750. The Labute approximate surface area is 155 Å². The molecule has 1 aliphatic carbocycles. The highest BCUT2D eigenvalue weighted by atomic mass is 127. The molecule has 22 heavy (non-hydrogen) atoms. The van der Waals surface area contributed by atoms with Gasteiger partial charge in [-0.25, -0.2) is 4.98 Å². The van der Waals surface area contributed by atoms with E-state index in [1.165, 1.54) is 36.4 Å². The summed E-state index contributed by atoms with van der Waals surface area (Å²) < 4.78 is 0. The number of guanidine groups is 1. The average molecular weight is 436 g/mol. The van der Waals surface area contributed by atoms with Crippen molar-refractivity contribution in [3.63, 3.8) is 0 Å².